The molecule has 1 aromatic heterocycles. The Labute approximate surface area is 105 Å². The average molecular weight is 242 g/mol. The summed E-state index contributed by atoms with van der Waals surface area (Å²) < 4.78 is 0. The number of nitro groups is 1. The Morgan fingerprint density at radius 1 is 1.11 bits per heavy atom. The number of rotatable bonds is 3. The van der Waals surface area contributed by atoms with Crippen LogP contribution in [0.5, 0.6) is 0 Å². The van der Waals surface area contributed by atoms with Gasteiger partial charge in [-0.05, 0) is 11.6 Å². The molecule has 2 aromatic rings. The van der Waals surface area contributed by atoms with Crippen molar-refractivity contribution in [1.82, 2.24) is 4.98 Å². The fourth-order valence-corrected chi connectivity index (χ4v) is 1.87. The van der Waals surface area contributed by atoms with Crippen molar-refractivity contribution < 1.29 is 4.92 Å². The normalized spacial score (nSPS) is 11.2. The van der Waals surface area contributed by atoms with E-state index in [9.17, 15) is 10.1 Å². The Balaban J connectivity index is 2.39. The molecule has 18 heavy (non-hydrogen) atoms. The molecule has 0 saturated carbocycles. The van der Waals surface area contributed by atoms with E-state index in [0.29, 0.717) is 0 Å². The summed E-state index contributed by atoms with van der Waals surface area (Å²) >= 11 is 0. The van der Waals surface area contributed by atoms with Crippen LogP contribution in [0.25, 0.3) is 0 Å². The first-order chi connectivity index (χ1) is 8.51. The van der Waals surface area contributed by atoms with E-state index in [1.165, 1.54) is 12.3 Å². The van der Waals surface area contributed by atoms with E-state index in [1.54, 1.807) is 6.07 Å². The molecule has 0 aliphatic rings. The molecule has 4 nitrogen and oxygen atoms in total. The lowest BCUT2D eigenvalue weighted by molar-refractivity contribution is -0.385. The maximum Gasteiger partial charge on any atom is 0.287 e. The van der Waals surface area contributed by atoms with E-state index in [0.717, 1.165) is 11.3 Å². The minimum atomic E-state index is -0.438. The molecule has 0 unspecified atom stereocenters. The molecule has 1 aromatic carbocycles. The summed E-state index contributed by atoms with van der Waals surface area (Å²) in [5.41, 5.74) is 1.70. The number of aromatic nitrogens is 1. The minimum Gasteiger partial charge on any atom is -0.258 e. The van der Waals surface area contributed by atoms with Crippen molar-refractivity contribution in [3.8, 4) is 0 Å². The van der Waals surface area contributed by atoms with Crippen molar-refractivity contribution in [1.29, 1.82) is 0 Å². The van der Waals surface area contributed by atoms with E-state index < -0.39 is 4.92 Å². The van der Waals surface area contributed by atoms with E-state index in [4.69, 9.17) is 0 Å². The zero-order valence-electron chi connectivity index (χ0n) is 10.3. The quantitative estimate of drug-likeness (QED) is 0.612. The predicted octanol–water partition coefficient (Wildman–Crippen LogP) is 3.32. The molecule has 92 valence electrons. The molecule has 0 bridgehead atoms. The van der Waals surface area contributed by atoms with E-state index in [2.05, 4.69) is 18.8 Å². The third-order valence-corrected chi connectivity index (χ3v) is 3.09. The molecule has 2 rings (SSSR count). The molecule has 0 fully saturated rings. The van der Waals surface area contributed by atoms with Crippen LogP contribution in [-0.2, 0) is 5.41 Å². The van der Waals surface area contributed by atoms with Gasteiger partial charge in [0.1, 0.15) is 6.20 Å². The van der Waals surface area contributed by atoms with Gasteiger partial charge in [0.2, 0.25) is 0 Å². The highest BCUT2D eigenvalue weighted by Crippen LogP contribution is 2.30. The van der Waals surface area contributed by atoms with Gasteiger partial charge in [-0.2, -0.15) is 0 Å². The van der Waals surface area contributed by atoms with Crippen molar-refractivity contribution in [2.75, 3.05) is 0 Å². The predicted molar refractivity (Wildman–Crippen MR) is 69.5 cm³/mol. The van der Waals surface area contributed by atoms with Crippen LogP contribution in [0.15, 0.2) is 48.7 Å². The van der Waals surface area contributed by atoms with E-state index >= 15 is 0 Å². The van der Waals surface area contributed by atoms with Gasteiger partial charge in [-0.25, -0.2) is 0 Å². The summed E-state index contributed by atoms with van der Waals surface area (Å²) in [6, 6.07) is 13.2. The van der Waals surface area contributed by atoms with Gasteiger partial charge in [-0.15, -0.1) is 0 Å². The lowest BCUT2D eigenvalue weighted by Crippen LogP contribution is -2.20. The van der Waals surface area contributed by atoms with E-state index in [-0.39, 0.29) is 11.1 Å². The first kappa shape index (κ1) is 12.2. The maximum atomic E-state index is 10.6. The van der Waals surface area contributed by atoms with Gasteiger partial charge < -0.3 is 0 Å². The van der Waals surface area contributed by atoms with Gasteiger partial charge in [-0.3, -0.25) is 15.1 Å². The number of pyridine rings is 1. The number of hydrogen-bond donors (Lipinski definition) is 0. The van der Waals surface area contributed by atoms with Gasteiger partial charge >= 0.3 is 0 Å². The van der Waals surface area contributed by atoms with Crippen LogP contribution in [0.2, 0.25) is 0 Å². The number of benzene rings is 1. The first-order valence-electron chi connectivity index (χ1n) is 5.68. The van der Waals surface area contributed by atoms with Crippen LogP contribution in [0.4, 0.5) is 5.69 Å². The van der Waals surface area contributed by atoms with E-state index in [1.807, 2.05) is 30.3 Å². The van der Waals surface area contributed by atoms with Gasteiger partial charge in [0.15, 0.2) is 0 Å². The Hall–Kier alpha value is -2.23. The molecule has 4 heteroatoms. The van der Waals surface area contributed by atoms with Crippen LogP contribution in [-0.4, -0.2) is 9.91 Å². The first-order valence-corrected chi connectivity index (χ1v) is 5.68. The molecular formula is C14H14N2O2. The largest absolute Gasteiger partial charge is 0.287 e. The van der Waals surface area contributed by atoms with Gasteiger partial charge in [0.05, 0.1) is 10.6 Å². The summed E-state index contributed by atoms with van der Waals surface area (Å²) in [7, 11) is 0. The van der Waals surface area contributed by atoms with Crippen molar-refractivity contribution in [2.24, 2.45) is 0 Å². The Morgan fingerprint density at radius 2 is 1.78 bits per heavy atom. The molecule has 0 spiro atoms. The van der Waals surface area contributed by atoms with Crippen molar-refractivity contribution in [3.05, 3.63) is 70.0 Å². The second-order valence-corrected chi connectivity index (χ2v) is 4.65. The molecule has 0 N–H and O–H groups in total. The monoisotopic (exact) mass is 242 g/mol. The maximum absolute atomic E-state index is 10.6. The molecule has 0 aliphatic carbocycles. The van der Waals surface area contributed by atoms with Crippen LogP contribution in [0.1, 0.15) is 25.1 Å². The summed E-state index contributed by atoms with van der Waals surface area (Å²) in [6.45, 7) is 4.10. The summed E-state index contributed by atoms with van der Waals surface area (Å²) in [4.78, 5) is 14.4. The highest BCUT2D eigenvalue weighted by molar-refractivity contribution is 5.36. The third kappa shape index (κ3) is 2.22. The Kier molecular flexibility index (Phi) is 3.10. The lowest BCUT2D eigenvalue weighted by Gasteiger charge is -2.24. The summed E-state index contributed by atoms with van der Waals surface area (Å²) in [5, 5.41) is 10.6. The summed E-state index contributed by atoms with van der Waals surface area (Å²) in [5.74, 6) is 0. The average Bonchev–Trinajstić information content (AvgIpc) is 2.40. The molecular weight excluding hydrogens is 228 g/mol. The zero-order chi connectivity index (χ0) is 13.2. The van der Waals surface area contributed by atoms with Gasteiger partial charge in [0.25, 0.3) is 5.69 Å². The van der Waals surface area contributed by atoms with Crippen LogP contribution >= 0.6 is 0 Å². The zero-order valence-corrected chi connectivity index (χ0v) is 10.3. The SMILES string of the molecule is CC(C)(c1ccccc1)c1ccc([N+](=O)[O-])cn1. The molecule has 0 atom stereocenters. The summed E-state index contributed by atoms with van der Waals surface area (Å²) in [6.07, 6.45) is 1.31. The standard InChI is InChI=1S/C14H14N2O2/c1-14(2,11-6-4-3-5-7-11)13-9-8-12(10-15-13)16(17)18/h3-10H,1-2H3. The fraction of sp³-hybridized carbons (Fsp3) is 0.214. The van der Waals surface area contributed by atoms with Crippen molar-refractivity contribution in [3.63, 3.8) is 0 Å². The highest BCUT2D eigenvalue weighted by atomic mass is 16.6. The fourth-order valence-electron chi connectivity index (χ4n) is 1.87. The second kappa shape index (κ2) is 4.56. The molecule has 0 saturated heterocycles. The van der Waals surface area contributed by atoms with Gasteiger partial charge in [-0.1, -0.05) is 44.2 Å². The van der Waals surface area contributed by atoms with Crippen LogP contribution in [0, 0.1) is 10.1 Å². The van der Waals surface area contributed by atoms with Crippen molar-refractivity contribution in [2.45, 2.75) is 19.3 Å². The van der Waals surface area contributed by atoms with Crippen molar-refractivity contribution >= 4 is 5.69 Å². The number of nitrogens with zero attached hydrogens (tertiary/aromatic N) is 2. The minimum absolute atomic E-state index is 0.0163. The third-order valence-electron chi connectivity index (χ3n) is 3.09. The second-order valence-electron chi connectivity index (χ2n) is 4.65. The lowest BCUT2D eigenvalue weighted by atomic mass is 9.81. The highest BCUT2D eigenvalue weighted by Gasteiger charge is 2.24. The van der Waals surface area contributed by atoms with Crippen LogP contribution in [0.3, 0.4) is 0 Å². The molecule has 1 heterocycles. The Morgan fingerprint density at radius 3 is 2.28 bits per heavy atom. The molecule has 0 aliphatic heterocycles. The smallest absolute Gasteiger partial charge is 0.258 e. The van der Waals surface area contributed by atoms with Gasteiger partial charge in [0, 0.05) is 11.5 Å². The number of hydrogen-bond acceptors (Lipinski definition) is 3. The molecule has 0 amide bonds. The topological polar surface area (TPSA) is 56.0 Å². The molecule has 0 radical (unpaired) electrons. The Bertz CT molecular complexity index is 548. The van der Waals surface area contributed by atoms with Crippen LogP contribution < -0.4 is 0 Å².